The number of rotatable bonds is 12. The molecule has 1 aliphatic rings. The summed E-state index contributed by atoms with van der Waals surface area (Å²) in [6, 6.07) is 10.6. The Bertz CT molecular complexity index is 930. The number of halogens is 4. The quantitative estimate of drug-likeness (QED) is 0.220. The van der Waals surface area contributed by atoms with Crippen molar-refractivity contribution in [2.75, 3.05) is 0 Å². The molecule has 2 aromatic carbocycles. The van der Waals surface area contributed by atoms with Crippen LogP contribution in [0.2, 0.25) is 0 Å². The largest absolute Gasteiger partial charge is 0.391 e. The molecule has 0 radical (unpaired) electrons. The predicted molar refractivity (Wildman–Crippen MR) is 129 cm³/mol. The number of benzene rings is 2. The lowest BCUT2D eigenvalue weighted by Gasteiger charge is -2.29. The molecule has 0 spiro atoms. The van der Waals surface area contributed by atoms with Crippen LogP contribution in [0, 0.1) is 11.7 Å². The van der Waals surface area contributed by atoms with E-state index in [0.29, 0.717) is 12.3 Å². The van der Waals surface area contributed by atoms with Gasteiger partial charge in [-0.15, -0.1) is 13.2 Å². The zero-order chi connectivity index (χ0) is 24.6. The first-order chi connectivity index (χ1) is 16.3. The summed E-state index contributed by atoms with van der Waals surface area (Å²) in [6.45, 7) is 6.71. The molecule has 1 nitrogen and oxygen atoms in total. The average Bonchev–Trinajstić information content (AvgIpc) is 2.85. The molecule has 0 aliphatic heterocycles. The number of allylic oxidation sites excluding steroid dienone is 2. The van der Waals surface area contributed by atoms with Crippen molar-refractivity contribution in [1.29, 1.82) is 0 Å². The molecule has 1 saturated carbocycles. The van der Waals surface area contributed by atoms with Crippen molar-refractivity contribution in [2.45, 2.75) is 76.2 Å². The summed E-state index contributed by atoms with van der Waals surface area (Å²) in [5.74, 6) is 0.366. The van der Waals surface area contributed by atoms with E-state index in [0.717, 1.165) is 56.1 Å². The Balaban J connectivity index is 1.56. The van der Waals surface area contributed by atoms with E-state index in [-0.39, 0.29) is 17.0 Å². The second-order valence-corrected chi connectivity index (χ2v) is 9.22. The maximum atomic E-state index is 14.7. The Morgan fingerprint density at radius 2 is 1.65 bits per heavy atom. The lowest BCUT2D eigenvalue weighted by atomic mass is 9.77. The summed E-state index contributed by atoms with van der Waals surface area (Å²) in [4.78, 5) is 0. The Morgan fingerprint density at radius 1 is 0.971 bits per heavy atom. The highest BCUT2D eigenvalue weighted by Crippen LogP contribution is 2.39. The van der Waals surface area contributed by atoms with E-state index in [1.807, 2.05) is 6.08 Å². The summed E-state index contributed by atoms with van der Waals surface area (Å²) in [5.41, 5.74) is 1.62. The molecule has 34 heavy (non-hydrogen) atoms. The molecule has 1 unspecified atom stereocenters. The Hall–Kier alpha value is -2.40. The lowest BCUT2D eigenvalue weighted by molar-refractivity contribution is -0.282. The van der Waals surface area contributed by atoms with Gasteiger partial charge in [-0.25, -0.2) is 8.78 Å². The molecule has 0 heterocycles. The molecule has 0 aromatic heterocycles. The normalized spacial score (nSPS) is 19.5. The predicted octanol–water partition coefficient (Wildman–Crippen LogP) is 9.00. The van der Waals surface area contributed by atoms with Gasteiger partial charge in [0.2, 0.25) is 6.17 Å². The van der Waals surface area contributed by atoms with Crippen LogP contribution < -0.4 is 0 Å². The van der Waals surface area contributed by atoms with Crippen molar-refractivity contribution in [3.8, 4) is 0 Å². The van der Waals surface area contributed by atoms with Gasteiger partial charge < -0.3 is 4.74 Å². The van der Waals surface area contributed by atoms with Crippen molar-refractivity contribution in [3.63, 3.8) is 0 Å². The maximum absolute atomic E-state index is 14.7. The summed E-state index contributed by atoms with van der Waals surface area (Å²) in [6.07, 6.45) is 4.79. The summed E-state index contributed by atoms with van der Waals surface area (Å²) in [5, 5.41) is 0. The molecule has 3 rings (SSSR count). The van der Waals surface area contributed by atoms with E-state index < -0.39 is 24.7 Å². The lowest BCUT2D eigenvalue weighted by Crippen LogP contribution is -2.27. The second kappa shape index (κ2) is 12.3. The molecule has 0 N–H and O–H groups in total. The molecular formula is C29H34F4O. The number of hydrogen-bond donors (Lipinski definition) is 0. The first-order valence-electron chi connectivity index (χ1n) is 12.1. The molecule has 0 bridgehead atoms. The topological polar surface area (TPSA) is 9.23 Å². The van der Waals surface area contributed by atoms with E-state index in [4.69, 9.17) is 0 Å². The van der Waals surface area contributed by atoms with Gasteiger partial charge in [-0.3, -0.25) is 0 Å². The fraction of sp³-hybridized carbons (Fsp3) is 0.448. The molecule has 0 amide bonds. The highest BCUT2D eigenvalue weighted by Gasteiger charge is 2.43. The van der Waals surface area contributed by atoms with E-state index in [1.54, 1.807) is 24.3 Å². The van der Waals surface area contributed by atoms with Gasteiger partial charge in [0.25, 0.3) is 0 Å². The van der Waals surface area contributed by atoms with Crippen molar-refractivity contribution < 1.29 is 22.3 Å². The van der Waals surface area contributed by atoms with E-state index in [9.17, 15) is 17.6 Å². The minimum atomic E-state index is -4.07. The minimum Gasteiger partial charge on any atom is -0.313 e. The van der Waals surface area contributed by atoms with Crippen LogP contribution >= 0.6 is 0 Å². The number of aryl methyl sites for hydroxylation is 1. The minimum absolute atomic E-state index is 0.00457. The molecule has 1 atom stereocenters. The molecule has 184 valence electrons. The zero-order valence-corrected chi connectivity index (χ0v) is 19.6. The van der Waals surface area contributed by atoms with Crippen molar-refractivity contribution in [2.24, 2.45) is 5.92 Å². The second-order valence-electron chi connectivity index (χ2n) is 9.22. The van der Waals surface area contributed by atoms with Gasteiger partial charge in [0, 0.05) is 5.56 Å². The summed E-state index contributed by atoms with van der Waals surface area (Å²) >= 11 is 0. The standard InChI is InChI=1S/C29H34F4O/c1-3-5-7-21-9-13-23(14-10-21)25-17-18-26(27(30)19-25)20-34-29(32,33)28(31)24-15-11-22(12-16-24)8-6-4-2/h3-4,11-12,15-19,21,23,28H,1-2,5-10,13-14,20H2. The summed E-state index contributed by atoms with van der Waals surface area (Å²) in [7, 11) is 0. The van der Waals surface area contributed by atoms with Gasteiger partial charge in [-0.2, -0.15) is 8.78 Å². The Labute approximate surface area is 200 Å². The molecule has 0 saturated heterocycles. The Kier molecular flexibility index (Phi) is 9.52. The number of hydrogen-bond acceptors (Lipinski definition) is 1. The molecule has 1 aliphatic carbocycles. The third kappa shape index (κ3) is 7.05. The van der Waals surface area contributed by atoms with E-state index >= 15 is 0 Å². The summed E-state index contributed by atoms with van der Waals surface area (Å²) < 4.78 is 62.5. The maximum Gasteiger partial charge on any atom is 0.391 e. The van der Waals surface area contributed by atoms with Gasteiger partial charge >= 0.3 is 6.11 Å². The third-order valence-corrected chi connectivity index (χ3v) is 6.80. The van der Waals surface area contributed by atoms with E-state index in [2.05, 4.69) is 17.9 Å². The average molecular weight is 475 g/mol. The third-order valence-electron chi connectivity index (χ3n) is 6.80. The SMILES string of the molecule is C=CCCc1ccc(C(F)C(F)(F)OCc2ccc(C3CCC(CCC=C)CC3)cc2F)cc1. The first kappa shape index (κ1) is 26.2. The smallest absolute Gasteiger partial charge is 0.313 e. The highest BCUT2D eigenvalue weighted by atomic mass is 19.3. The van der Waals surface area contributed by atoms with E-state index in [1.165, 1.54) is 24.3 Å². The van der Waals surface area contributed by atoms with Crippen LogP contribution in [-0.4, -0.2) is 6.11 Å². The molecular weight excluding hydrogens is 440 g/mol. The highest BCUT2D eigenvalue weighted by molar-refractivity contribution is 5.28. The van der Waals surface area contributed by atoms with Gasteiger partial charge in [-0.1, -0.05) is 48.6 Å². The monoisotopic (exact) mass is 474 g/mol. The van der Waals surface area contributed by atoms with Crippen LogP contribution in [0.25, 0.3) is 0 Å². The van der Waals surface area contributed by atoms with Gasteiger partial charge in [0.1, 0.15) is 5.82 Å². The van der Waals surface area contributed by atoms with Crippen LogP contribution in [-0.2, 0) is 17.8 Å². The van der Waals surface area contributed by atoms with Crippen molar-refractivity contribution >= 4 is 0 Å². The zero-order valence-electron chi connectivity index (χ0n) is 19.6. The van der Waals surface area contributed by atoms with Gasteiger partial charge in [0.15, 0.2) is 0 Å². The van der Waals surface area contributed by atoms with Gasteiger partial charge in [-0.05, 0) is 86.0 Å². The Morgan fingerprint density at radius 3 is 2.26 bits per heavy atom. The van der Waals surface area contributed by atoms with Crippen molar-refractivity contribution in [3.05, 3.63) is 95.8 Å². The van der Waals surface area contributed by atoms with Crippen LogP contribution in [0.5, 0.6) is 0 Å². The number of ether oxygens (including phenoxy) is 1. The van der Waals surface area contributed by atoms with Crippen LogP contribution in [0.15, 0.2) is 67.8 Å². The van der Waals surface area contributed by atoms with Crippen LogP contribution in [0.4, 0.5) is 17.6 Å². The molecule has 5 heteroatoms. The molecule has 1 fully saturated rings. The van der Waals surface area contributed by atoms with Crippen molar-refractivity contribution in [1.82, 2.24) is 0 Å². The molecule has 2 aromatic rings. The fourth-order valence-corrected chi connectivity index (χ4v) is 4.64. The number of alkyl halides is 3. The van der Waals surface area contributed by atoms with Gasteiger partial charge in [0.05, 0.1) is 6.61 Å². The first-order valence-corrected chi connectivity index (χ1v) is 12.1. The van der Waals surface area contributed by atoms with Crippen LogP contribution in [0.3, 0.4) is 0 Å². The fourth-order valence-electron chi connectivity index (χ4n) is 4.64. The van der Waals surface area contributed by atoms with Crippen LogP contribution in [0.1, 0.15) is 79.3 Å².